The molecule has 272 valence electrons. The van der Waals surface area contributed by atoms with Crippen molar-refractivity contribution in [3.05, 3.63) is 210 Å². The Kier molecular flexibility index (Phi) is 8.01. The van der Waals surface area contributed by atoms with Gasteiger partial charge in [0.05, 0.1) is 0 Å². The summed E-state index contributed by atoms with van der Waals surface area (Å²) in [6, 6.07) is 60.7. The Hall–Kier alpha value is -6.38. The van der Waals surface area contributed by atoms with Gasteiger partial charge in [-0.3, -0.25) is 0 Å². The van der Waals surface area contributed by atoms with Crippen molar-refractivity contribution in [1.29, 1.82) is 0 Å². The number of hydrogen-bond donors (Lipinski definition) is 0. The maximum atomic E-state index is 2.46. The topological polar surface area (TPSA) is 6.48 Å². The minimum absolute atomic E-state index is 0.0520. The van der Waals surface area contributed by atoms with Gasteiger partial charge >= 0.3 is 0 Å². The number of rotatable bonds is 7. The second-order valence-electron chi connectivity index (χ2n) is 16.5. The van der Waals surface area contributed by atoms with Crippen LogP contribution < -0.4 is 9.80 Å². The summed E-state index contributed by atoms with van der Waals surface area (Å²) in [4.78, 5) is 4.84. The molecule has 0 amide bonds. The third-order valence-electron chi connectivity index (χ3n) is 12.5. The Morgan fingerprint density at radius 2 is 0.821 bits per heavy atom. The number of hydrogen-bond acceptors (Lipinski definition) is 2. The third kappa shape index (κ3) is 5.46. The highest BCUT2D eigenvalue weighted by Crippen LogP contribution is 2.52. The molecule has 0 bridgehead atoms. The Morgan fingerprint density at radius 3 is 1.34 bits per heavy atom. The fourth-order valence-electron chi connectivity index (χ4n) is 9.55. The summed E-state index contributed by atoms with van der Waals surface area (Å²) in [6.07, 6.45) is 8.80. The summed E-state index contributed by atoms with van der Waals surface area (Å²) >= 11 is 0. The SMILES string of the molecule is CC1(C)c2ccccc2-c2ccc(N(C3=CC=CCC3)c3ccc(-c4ccc(N(c5ccccc5)c5ccc6c(c5)C(C)(C)c5ccccc5-6)cc4)cc3)cc21. The molecule has 0 aromatic heterocycles. The van der Waals surface area contributed by atoms with Gasteiger partial charge in [0, 0.05) is 45.0 Å². The second-order valence-corrected chi connectivity index (χ2v) is 16.5. The zero-order valence-electron chi connectivity index (χ0n) is 32.6. The Labute approximate surface area is 331 Å². The molecule has 0 aliphatic heterocycles. The summed E-state index contributed by atoms with van der Waals surface area (Å²) in [7, 11) is 0. The van der Waals surface area contributed by atoms with Gasteiger partial charge in [0.1, 0.15) is 0 Å². The van der Waals surface area contributed by atoms with Crippen LogP contribution in [-0.2, 0) is 10.8 Å². The smallest absolute Gasteiger partial charge is 0.0465 e. The van der Waals surface area contributed by atoms with Crippen molar-refractivity contribution in [2.45, 2.75) is 51.4 Å². The minimum atomic E-state index is -0.0664. The highest BCUT2D eigenvalue weighted by molar-refractivity contribution is 5.87. The highest BCUT2D eigenvalue weighted by atomic mass is 15.2. The lowest BCUT2D eigenvalue weighted by Crippen LogP contribution is -2.19. The second kappa shape index (κ2) is 13.1. The fourth-order valence-corrected chi connectivity index (χ4v) is 9.55. The van der Waals surface area contributed by atoms with E-state index < -0.39 is 0 Å². The minimum Gasteiger partial charge on any atom is -0.314 e. The number of fused-ring (bicyclic) bond motifs is 6. The summed E-state index contributed by atoms with van der Waals surface area (Å²) in [5, 5.41) is 0. The first-order valence-electron chi connectivity index (χ1n) is 20.0. The van der Waals surface area contributed by atoms with Crippen LogP contribution in [0.1, 0.15) is 62.8 Å². The number of allylic oxidation sites excluding steroid dienone is 4. The first-order valence-corrected chi connectivity index (χ1v) is 20.0. The zero-order valence-corrected chi connectivity index (χ0v) is 32.6. The predicted octanol–water partition coefficient (Wildman–Crippen LogP) is 14.8. The predicted molar refractivity (Wildman–Crippen MR) is 237 cm³/mol. The maximum absolute atomic E-state index is 2.46. The van der Waals surface area contributed by atoms with E-state index in [1.54, 1.807) is 0 Å². The first kappa shape index (κ1) is 34.1. The van der Waals surface area contributed by atoms with E-state index >= 15 is 0 Å². The van der Waals surface area contributed by atoms with Crippen molar-refractivity contribution in [3.63, 3.8) is 0 Å². The van der Waals surface area contributed by atoms with Gasteiger partial charge in [-0.05, 0) is 135 Å². The standard InChI is InChI=1S/C54H46N2/c1-53(2)49-21-13-11-19-45(49)47-33-31-43(35-51(47)53)55(39-15-7-5-8-16-39)41-27-23-37(24-28-41)38-25-29-42(30-26-38)56(40-17-9-6-10-18-40)44-32-34-48-46-20-12-14-22-50(46)54(3,4)52(48)36-44/h5-9,11-17,19-36H,10,18H2,1-4H3. The lowest BCUT2D eigenvalue weighted by molar-refractivity contribution is 0.660. The van der Waals surface area contributed by atoms with Crippen LogP contribution in [0.15, 0.2) is 188 Å². The van der Waals surface area contributed by atoms with E-state index in [4.69, 9.17) is 0 Å². The molecule has 0 atom stereocenters. The van der Waals surface area contributed by atoms with Crippen LogP contribution in [0.2, 0.25) is 0 Å². The molecule has 56 heavy (non-hydrogen) atoms. The quantitative estimate of drug-likeness (QED) is 0.162. The highest BCUT2D eigenvalue weighted by Gasteiger charge is 2.37. The molecular weight excluding hydrogens is 677 g/mol. The fraction of sp³-hybridized carbons (Fsp3) is 0.148. The van der Waals surface area contributed by atoms with Crippen LogP contribution in [0, 0.1) is 0 Å². The van der Waals surface area contributed by atoms with Gasteiger partial charge in [-0.15, -0.1) is 0 Å². The number of anilines is 5. The van der Waals surface area contributed by atoms with Gasteiger partial charge in [-0.1, -0.05) is 143 Å². The molecule has 0 spiro atoms. The zero-order chi connectivity index (χ0) is 38.0. The molecule has 0 heterocycles. The molecule has 0 N–H and O–H groups in total. The first-order chi connectivity index (χ1) is 27.3. The van der Waals surface area contributed by atoms with Crippen LogP contribution in [0.25, 0.3) is 33.4 Å². The summed E-state index contributed by atoms with van der Waals surface area (Å²) in [6.45, 7) is 9.42. The van der Waals surface area contributed by atoms with Crippen LogP contribution in [0.3, 0.4) is 0 Å². The molecule has 0 saturated carbocycles. The molecule has 0 saturated heterocycles. The largest absolute Gasteiger partial charge is 0.314 e. The van der Waals surface area contributed by atoms with Crippen LogP contribution in [0.5, 0.6) is 0 Å². The molecule has 3 aliphatic rings. The molecule has 0 radical (unpaired) electrons. The van der Waals surface area contributed by atoms with E-state index in [0.29, 0.717) is 0 Å². The van der Waals surface area contributed by atoms with Crippen LogP contribution in [0.4, 0.5) is 28.4 Å². The van der Waals surface area contributed by atoms with Crippen molar-refractivity contribution in [3.8, 4) is 33.4 Å². The van der Waals surface area contributed by atoms with Crippen LogP contribution >= 0.6 is 0 Å². The van der Waals surface area contributed by atoms with Gasteiger partial charge in [-0.25, -0.2) is 0 Å². The summed E-state index contributed by atoms with van der Waals surface area (Å²) < 4.78 is 0. The normalized spacial score (nSPS) is 15.3. The van der Waals surface area contributed by atoms with Crippen molar-refractivity contribution in [2.75, 3.05) is 9.80 Å². The lowest BCUT2D eigenvalue weighted by atomic mass is 9.82. The van der Waals surface area contributed by atoms with E-state index in [2.05, 4.69) is 220 Å². The molecule has 0 fully saturated rings. The number of para-hydroxylation sites is 1. The molecule has 7 aromatic rings. The molecule has 0 unspecified atom stereocenters. The van der Waals surface area contributed by atoms with E-state index in [9.17, 15) is 0 Å². The number of benzene rings is 7. The molecular formula is C54H46N2. The Morgan fingerprint density at radius 1 is 0.393 bits per heavy atom. The van der Waals surface area contributed by atoms with Crippen molar-refractivity contribution < 1.29 is 0 Å². The van der Waals surface area contributed by atoms with Gasteiger partial charge < -0.3 is 9.80 Å². The Balaban J connectivity index is 0.979. The van der Waals surface area contributed by atoms with E-state index in [0.717, 1.165) is 24.2 Å². The molecule has 2 heteroatoms. The van der Waals surface area contributed by atoms with E-state index in [1.165, 1.54) is 78.4 Å². The van der Waals surface area contributed by atoms with E-state index in [-0.39, 0.29) is 10.8 Å². The summed E-state index contributed by atoms with van der Waals surface area (Å²) in [5.74, 6) is 0. The van der Waals surface area contributed by atoms with Gasteiger partial charge in [0.2, 0.25) is 0 Å². The molecule has 7 aromatic carbocycles. The Bertz CT molecular complexity index is 2680. The third-order valence-corrected chi connectivity index (χ3v) is 12.5. The molecule has 10 rings (SSSR count). The van der Waals surface area contributed by atoms with Crippen molar-refractivity contribution in [2.24, 2.45) is 0 Å². The molecule has 2 nitrogen and oxygen atoms in total. The summed E-state index contributed by atoms with van der Waals surface area (Å²) in [5.41, 5.74) is 20.4. The maximum Gasteiger partial charge on any atom is 0.0465 e. The van der Waals surface area contributed by atoms with Crippen LogP contribution in [-0.4, -0.2) is 0 Å². The van der Waals surface area contributed by atoms with Crippen molar-refractivity contribution >= 4 is 28.4 Å². The molecule has 3 aliphatic carbocycles. The van der Waals surface area contributed by atoms with E-state index in [1.807, 2.05) is 0 Å². The van der Waals surface area contributed by atoms with Crippen molar-refractivity contribution in [1.82, 2.24) is 0 Å². The van der Waals surface area contributed by atoms with Gasteiger partial charge in [0.25, 0.3) is 0 Å². The average Bonchev–Trinajstić information content (AvgIpc) is 3.61. The average molecular weight is 723 g/mol. The monoisotopic (exact) mass is 722 g/mol. The number of nitrogens with zero attached hydrogens (tertiary/aromatic N) is 2. The van der Waals surface area contributed by atoms with Gasteiger partial charge in [0.15, 0.2) is 0 Å². The van der Waals surface area contributed by atoms with Gasteiger partial charge in [-0.2, -0.15) is 0 Å². The lowest BCUT2D eigenvalue weighted by Gasteiger charge is -2.30.